The average molecular weight is 743 g/mol. The number of allylic oxidation sites excluding steroid dienone is 4. The molecule has 11 nitrogen and oxygen atoms in total. The summed E-state index contributed by atoms with van der Waals surface area (Å²) in [5.74, 6) is -0.814. The maximum Gasteiger partial charge on any atom is 2.00 e. The number of carbonyl (C=O) groups is 4. The van der Waals surface area contributed by atoms with Crippen LogP contribution in [0, 0.1) is 6.92 Å². The standard InChI is InChI=1S/C39H46N5O6.Cu/c1-10-27-34-16-29-23(4)26(20-45)33(41-29)15-28-21(2)24(11-13-37(47)49-8)31(40-28)17-32-25(12-14-38(48)50-9)22(3)30(42-32)18-35(43-34)39(27,5)19-36(46)44(6)7;/h15-18,20,27H,10-14,19H2,1-9H3,(H-,40,41,42,43,45);/q-1;+2/p-1/t27-,39-;/m1./s1. The molecule has 12 heteroatoms. The molecule has 3 aliphatic heterocycles. The third kappa shape index (κ3) is 7.58. The molecule has 1 radical (unpaired) electrons. The average Bonchev–Trinajstić information content (AvgIpc) is 3.73. The number of aryl methyl sites for hydroxylation is 2. The van der Waals surface area contributed by atoms with Gasteiger partial charge in [0, 0.05) is 38.9 Å². The Hall–Kier alpha value is -4.54. The number of rotatable bonds is 10. The number of hydrogen-bond acceptors (Lipinski definition) is 8. The molecule has 51 heavy (non-hydrogen) atoms. The Balaban J connectivity index is 0.00000583. The van der Waals surface area contributed by atoms with Crippen LogP contribution in [0.3, 0.4) is 0 Å². The van der Waals surface area contributed by atoms with Crippen LogP contribution in [0.15, 0.2) is 24.3 Å². The first-order chi connectivity index (χ1) is 23.8. The van der Waals surface area contributed by atoms with Gasteiger partial charge < -0.3 is 24.3 Å². The molecule has 0 aliphatic carbocycles. The van der Waals surface area contributed by atoms with Gasteiger partial charge >= 0.3 is 29.0 Å². The number of fused-ring (bicyclic) bond motifs is 8. The van der Waals surface area contributed by atoms with E-state index in [0.717, 1.165) is 45.5 Å². The van der Waals surface area contributed by atoms with Crippen LogP contribution in [0.1, 0.15) is 111 Å². The van der Waals surface area contributed by atoms with E-state index >= 15 is 0 Å². The van der Waals surface area contributed by atoms with Crippen molar-refractivity contribution in [3.63, 3.8) is 0 Å². The largest absolute Gasteiger partial charge is 2.00 e. The topological polar surface area (TPSA) is 144 Å². The zero-order valence-corrected chi connectivity index (χ0v) is 31.6. The summed E-state index contributed by atoms with van der Waals surface area (Å²) in [7, 11) is 6.22. The molecular formula is C39H45CuN5O6. The zero-order valence-electron chi connectivity index (χ0n) is 30.7. The fourth-order valence-electron chi connectivity index (χ4n) is 7.12. The third-order valence-corrected chi connectivity index (χ3v) is 10.3. The van der Waals surface area contributed by atoms with E-state index in [4.69, 9.17) is 29.4 Å². The van der Waals surface area contributed by atoms with Crippen LogP contribution in [0.4, 0.5) is 0 Å². The third-order valence-electron chi connectivity index (χ3n) is 10.3. The summed E-state index contributed by atoms with van der Waals surface area (Å²) in [6.07, 6.45) is 2.83. The molecule has 2 aromatic heterocycles. The second-order valence-electron chi connectivity index (χ2n) is 13.5. The van der Waals surface area contributed by atoms with Gasteiger partial charge in [0.15, 0.2) is 6.29 Å². The first kappa shape index (κ1) is 39.2. The molecule has 1 amide bonds. The maximum absolute atomic E-state index is 13.3. The van der Waals surface area contributed by atoms with Gasteiger partial charge in [-0.15, -0.1) is 11.0 Å². The van der Waals surface area contributed by atoms with E-state index in [2.05, 4.69) is 13.8 Å². The van der Waals surface area contributed by atoms with E-state index in [1.165, 1.54) is 14.2 Å². The Bertz CT molecular complexity index is 2020. The van der Waals surface area contributed by atoms with Crippen molar-refractivity contribution in [1.82, 2.24) is 24.8 Å². The predicted octanol–water partition coefficient (Wildman–Crippen LogP) is 5.65. The molecule has 0 saturated carbocycles. The van der Waals surface area contributed by atoms with E-state index in [1.54, 1.807) is 25.1 Å². The Morgan fingerprint density at radius 2 is 1.47 bits per heavy atom. The Labute approximate surface area is 309 Å². The minimum atomic E-state index is -0.666. The van der Waals surface area contributed by atoms with Crippen molar-refractivity contribution < 1.29 is 45.7 Å². The second-order valence-corrected chi connectivity index (χ2v) is 13.5. The minimum absolute atomic E-state index is 0. The fourth-order valence-corrected chi connectivity index (χ4v) is 7.12. The first-order valence-electron chi connectivity index (χ1n) is 16.9. The molecule has 0 N–H and O–H groups in total. The molecule has 0 spiro atoms. The predicted molar refractivity (Wildman–Crippen MR) is 191 cm³/mol. The molecule has 0 saturated heterocycles. The molecular weight excluding hydrogens is 698 g/mol. The van der Waals surface area contributed by atoms with Gasteiger partial charge in [-0.25, -0.2) is 9.97 Å². The van der Waals surface area contributed by atoms with Crippen LogP contribution in [0.5, 0.6) is 0 Å². The smallest absolute Gasteiger partial charge is 0.664 e. The van der Waals surface area contributed by atoms with Crippen LogP contribution < -0.4 is 9.97 Å². The second kappa shape index (κ2) is 15.8. The molecule has 273 valence electrons. The number of carbonyl (C=O) groups excluding carboxylic acids is 4. The molecule has 8 bridgehead atoms. The van der Waals surface area contributed by atoms with Crippen molar-refractivity contribution in [3.8, 4) is 0 Å². The SMILES string of the molecule is CC[C@@H]1c2cc3nc(cc4[n-]c(cc5nc(cc([n-]2)[C@]1(C)CC(=O)N(C)C)C(C)=C5CCC(=O)OC)c(CCC(=O)OC)c4C)C(C=O)=C3C.[Cu+2]. The van der Waals surface area contributed by atoms with E-state index in [0.29, 0.717) is 58.6 Å². The minimum Gasteiger partial charge on any atom is -0.664 e. The van der Waals surface area contributed by atoms with Crippen LogP contribution in [-0.2, 0) is 57.6 Å². The number of hydrogen-bond donors (Lipinski definition) is 0. The molecule has 0 unspecified atom stereocenters. The summed E-state index contributed by atoms with van der Waals surface area (Å²) < 4.78 is 9.89. The molecule has 0 fully saturated rings. The van der Waals surface area contributed by atoms with Gasteiger partial charge in [0.25, 0.3) is 0 Å². The summed E-state index contributed by atoms with van der Waals surface area (Å²) in [5, 5.41) is 0. The van der Waals surface area contributed by atoms with Crippen molar-refractivity contribution in [2.45, 2.75) is 84.5 Å². The number of methoxy groups -OCH3 is 2. The Morgan fingerprint density at radius 1 is 0.863 bits per heavy atom. The number of ether oxygens (including phenoxy) is 2. The Morgan fingerprint density at radius 3 is 2.08 bits per heavy atom. The molecule has 2 aromatic rings. The zero-order chi connectivity index (χ0) is 36.5. The first-order valence-corrected chi connectivity index (χ1v) is 16.9. The van der Waals surface area contributed by atoms with Gasteiger partial charge in [0.1, 0.15) is 0 Å². The fraction of sp³-hybridized carbons (Fsp3) is 0.436. The van der Waals surface area contributed by atoms with Crippen molar-refractivity contribution in [2.75, 3.05) is 28.3 Å². The van der Waals surface area contributed by atoms with Crippen molar-refractivity contribution >= 4 is 57.5 Å². The van der Waals surface area contributed by atoms with E-state index in [-0.39, 0.29) is 60.1 Å². The number of esters is 2. The summed E-state index contributed by atoms with van der Waals surface area (Å²) in [5.41, 5.74) is 9.15. The number of aldehydes is 1. The molecule has 0 aromatic carbocycles. The van der Waals surface area contributed by atoms with Gasteiger partial charge in [-0.1, -0.05) is 55.7 Å². The molecule has 5 heterocycles. The summed E-state index contributed by atoms with van der Waals surface area (Å²) >= 11 is 0. The van der Waals surface area contributed by atoms with Gasteiger partial charge in [0.05, 0.1) is 37.0 Å². The molecule has 2 atom stereocenters. The molecule has 5 rings (SSSR count). The van der Waals surface area contributed by atoms with Crippen LogP contribution in [0.25, 0.3) is 33.3 Å². The quantitative estimate of drug-likeness (QED) is 0.170. The van der Waals surface area contributed by atoms with Gasteiger partial charge in [0.2, 0.25) is 5.91 Å². The van der Waals surface area contributed by atoms with Crippen LogP contribution in [-0.4, -0.2) is 67.3 Å². The van der Waals surface area contributed by atoms with Crippen molar-refractivity contribution in [2.24, 2.45) is 0 Å². The Kier molecular flexibility index (Phi) is 12.1. The van der Waals surface area contributed by atoms with Gasteiger partial charge in [-0.05, 0) is 61.7 Å². The van der Waals surface area contributed by atoms with Crippen LogP contribution in [0.2, 0.25) is 0 Å². The van der Waals surface area contributed by atoms with Crippen molar-refractivity contribution in [1.29, 1.82) is 0 Å². The monoisotopic (exact) mass is 742 g/mol. The van der Waals surface area contributed by atoms with Gasteiger partial charge in [-0.3, -0.25) is 19.2 Å². The van der Waals surface area contributed by atoms with Crippen molar-refractivity contribution in [3.05, 3.63) is 69.6 Å². The van der Waals surface area contributed by atoms with E-state index < -0.39 is 5.41 Å². The number of amides is 1. The number of nitrogens with zero attached hydrogens (tertiary/aromatic N) is 5. The summed E-state index contributed by atoms with van der Waals surface area (Å²) in [4.78, 5) is 72.1. The number of aromatic nitrogens is 4. The summed E-state index contributed by atoms with van der Waals surface area (Å²) in [6, 6.07) is 7.59. The van der Waals surface area contributed by atoms with Crippen LogP contribution >= 0.6 is 0 Å². The van der Waals surface area contributed by atoms with Gasteiger partial charge in [-0.2, -0.15) is 11.4 Å². The normalized spacial score (nSPS) is 17.5. The summed E-state index contributed by atoms with van der Waals surface area (Å²) in [6.45, 7) is 9.94. The van der Waals surface area contributed by atoms with E-state index in [1.807, 2.05) is 39.0 Å². The molecule has 3 aliphatic rings. The van der Waals surface area contributed by atoms with E-state index in [9.17, 15) is 19.2 Å². The maximum atomic E-state index is 13.3.